The largest absolute Gasteiger partial charge is 0.496 e. The molecule has 1 N–H and O–H groups in total. The molecular weight excluding hydrogens is 350 g/mol. The maximum absolute atomic E-state index is 11.3. The number of methoxy groups -OCH3 is 1. The summed E-state index contributed by atoms with van der Waals surface area (Å²) in [6, 6.07) is 16.5. The molecule has 28 heavy (non-hydrogen) atoms. The van der Waals surface area contributed by atoms with E-state index >= 15 is 0 Å². The summed E-state index contributed by atoms with van der Waals surface area (Å²) in [5.41, 5.74) is 4.68. The molecule has 2 aromatic rings. The number of hydrogen-bond acceptors (Lipinski definition) is 3. The molecular formula is C24H29NO3. The van der Waals surface area contributed by atoms with Crippen molar-refractivity contribution < 1.29 is 14.6 Å². The van der Waals surface area contributed by atoms with Crippen molar-refractivity contribution in [3.8, 4) is 5.75 Å². The second-order valence-electron chi connectivity index (χ2n) is 7.40. The lowest BCUT2D eigenvalue weighted by Crippen LogP contribution is -2.39. The standard InChI is InChI=1S/C24H29NO3/c1-18-9-3-4-11-20(18)21(22-12-5-6-14-23(22)28-2)13-8-16-25-15-7-10-19(17-25)24(26)27/h3-6,9,11-14,19H,7-8,10,15-17H2,1-2H3,(H,26,27)/b21-13+/t19-/m1/s1. The van der Waals surface area contributed by atoms with Crippen LogP contribution >= 0.6 is 0 Å². The molecule has 0 amide bonds. The van der Waals surface area contributed by atoms with Gasteiger partial charge in [-0.25, -0.2) is 0 Å². The predicted molar refractivity (Wildman–Crippen MR) is 113 cm³/mol. The fourth-order valence-electron chi connectivity index (χ4n) is 3.96. The monoisotopic (exact) mass is 379 g/mol. The van der Waals surface area contributed by atoms with Gasteiger partial charge in [-0.1, -0.05) is 48.5 Å². The number of aryl methyl sites for hydroxylation is 1. The van der Waals surface area contributed by atoms with Gasteiger partial charge < -0.3 is 14.7 Å². The average Bonchev–Trinajstić information content (AvgIpc) is 2.72. The zero-order valence-electron chi connectivity index (χ0n) is 16.7. The van der Waals surface area contributed by atoms with Gasteiger partial charge in [-0.05, 0) is 55.5 Å². The van der Waals surface area contributed by atoms with E-state index in [1.165, 1.54) is 16.7 Å². The summed E-state index contributed by atoms with van der Waals surface area (Å²) in [4.78, 5) is 13.6. The Morgan fingerprint density at radius 1 is 1.18 bits per heavy atom. The molecule has 0 aromatic heterocycles. The van der Waals surface area contributed by atoms with E-state index in [0.29, 0.717) is 6.54 Å². The van der Waals surface area contributed by atoms with Crippen LogP contribution in [-0.4, -0.2) is 42.7 Å². The third-order valence-electron chi connectivity index (χ3n) is 5.48. The molecule has 4 nitrogen and oxygen atoms in total. The smallest absolute Gasteiger partial charge is 0.307 e. The van der Waals surface area contributed by atoms with Crippen LogP contribution < -0.4 is 4.74 Å². The number of carboxylic acids is 1. The highest BCUT2D eigenvalue weighted by Crippen LogP contribution is 2.33. The minimum atomic E-state index is -0.671. The highest BCUT2D eigenvalue weighted by Gasteiger charge is 2.24. The number of carboxylic acid groups (broad SMARTS) is 1. The minimum Gasteiger partial charge on any atom is -0.496 e. The summed E-state index contributed by atoms with van der Waals surface area (Å²) < 4.78 is 5.61. The topological polar surface area (TPSA) is 49.8 Å². The maximum Gasteiger partial charge on any atom is 0.307 e. The molecule has 1 heterocycles. The fourth-order valence-corrected chi connectivity index (χ4v) is 3.96. The van der Waals surface area contributed by atoms with Crippen LogP contribution in [0.1, 0.15) is 36.0 Å². The van der Waals surface area contributed by atoms with Crippen LogP contribution in [0, 0.1) is 12.8 Å². The molecule has 0 radical (unpaired) electrons. The average molecular weight is 380 g/mol. The van der Waals surface area contributed by atoms with E-state index in [2.05, 4.69) is 48.2 Å². The number of hydrogen-bond donors (Lipinski definition) is 1. The van der Waals surface area contributed by atoms with Crippen LogP contribution in [0.3, 0.4) is 0 Å². The first kappa shape index (κ1) is 20.2. The first-order valence-electron chi connectivity index (χ1n) is 9.95. The molecule has 1 atom stereocenters. The van der Waals surface area contributed by atoms with Crippen molar-refractivity contribution in [3.05, 3.63) is 71.3 Å². The number of likely N-dealkylation sites (tertiary alicyclic amines) is 1. The van der Waals surface area contributed by atoms with Crippen LogP contribution in [0.25, 0.3) is 5.57 Å². The predicted octanol–water partition coefficient (Wildman–Crippen LogP) is 4.62. The molecule has 148 valence electrons. The molecule has 1 saturated heterocycles. The number of ether oxygens (including phenoxy) is 1. The van der Waals surface area contributed by atoms with Gasteiger partial charge in [-0.3, -0.25) is 4.79 Å². The lowest BCUT2D eigenvalue weighted by molar-refractivity contribution is -0.143. The van der Waals surface area contributed by atoms with E-state index in [-0.39, 0.29) is 5.92 Å². The molecule has 0 bridgehead atoms. The molecule has 4 heteroatoms. The Hall–Kier alpha value is -2.59. The summed E-state index contributed by atoms with van der Waals surface area (Å²) >= 11 is 0. The molecule has 0 saturated carbocycles. The second kappa shape index (κ2) is 9.56. The van der Waals surface area contributed by atoms with Crippen molar-refractivity contribution >= 4 is 11.5 Å². The Morgan fingerprint density at radius 3 is 2.61 bits per heavy atom. The summed E-state index contributed by atoms with van der Waals surface area (Å²) in [6.07, 6.45) is 4.88. The number of aliphatic carboxylic acids is 1. The van der Waals surface area contributed by atoms with Gasteiger partial charge in [-0.2, -0.15) is 0 Å². The van der Waals surface area contributed by atoms with Gasteiger partial charge >= 0.3 is 5.97 Å². The fraction of sp³-hybridized carbons (Fsp3) is 0.375. The SMILES string of the molecule is COc1ccccc1/C(=C/CCN1CCC[C@@H](C(=O)O)C1)c1ccccc1C. The van der Waals surface area contributed by atoms with Crippen molar-refractivity contribution in [2.75, 3.05) is 26.7 Å². The van der Waals surface area contributed by atoms with Gasteiger partial charge in [0.25, 0.3) is 0 Å². The van der Waals surface area contributed by atoms with Crippen molar-refractivity contribution in [2.45, 2.75) is 26.2 Å². The number of nitrogens with zero attached hydrogens (tertiary/aromatic N) is 1. The Morgan fingerprint density at radius 2 is 1.89 bits per heavy atom. The van der Waals surface area contributed by atoms with Gasteiger partial charge in [0.15, 0.2) is 0 Å². The lowest BCUT2D eigenvalue weighted by Gasteiger charge is -2.30. The van der Waals surface area contributed by atoms with Crippen molar-refractivity contribution in [3.63, 3.8) is 0 Å². The molecule has 2 aromatic carbocycles. The lowest BCUT2D eigenvalue weighted by atomic mass is 9.92. The molecule has 0 unspecified atom stereocenters. The molecule has 1 aliphatic rings. The van der Waals surface area contributed by atoms with Gasteiger partial charge in [0.1, 0.15) is 5.75 Å². The molecule has 0 spiro atoms. The summed E-state index contributed by atoms with van der Waals surface area (Å²) in [5.74, 6) is -0.0430. The second-order valence-corrected chi connectivity index (χ2v) is 7.40. The van der Waals surface area contributed by atoms with E-state index in [1.807, 2.05) is 18.2 Å². The summed E-state index contributed by atoms with van der Waals surface area (Å²) in [6.45, 7) is 4.62. The van der Waals surface area contributed by atoms with Gasteiger partial charge in [0, 0.05) is 18.7 Å². The number of piperidine rings is 1. The minimum absolute atomic E-state index is 0.234. The van der Waals surface area contributed by atoms with Gasteiger partial charge in [-0.15, -0.1) is 0 Å². The van der Waals surface area contributed by atoms with Crippen molar-refractivity contribution in [2.24, 2.45) is 5.92 Å². The number of rotatable bonds is 7. The quantitative estimate of drug-likeness (QED) is 0.762. The summed E-state index contributed by atoms with van der Waals surface area (Å²) in [5, 5.41) is 9.30. The number of carbonyl (C=O) groups is 1. The first-order valence-corrected chi connectivity index (χ1v) is 9.95. The highest BCUT2D eigenvalue weighted by atomic mass is 16.5. The van der Waals surface area contributed by atoms with Crippen molar-refractivity contribution in [1.29, 1.82) is 0 Å². The Kier molecular flexibility index (Phi) is 6.88. The first-order chi connectivity index (χ1) is 13.6. The van der Waals surface area contributed by atoms with Crippen molar-refractivity contribution in [1.82, 2.24) is 4.90 Å². The maximum atomic E-state index is 11.3. The zero-order chi connectivity index (χ0) is 19.9. The Bertz CT molecular complexity index is 843. The molecule has 1 aliphatic heterocycles. The summed E-state index contributed by atoms with van der Waals surface area (Å²) in [7, 11) is 1.70. The van der Waals surface area contributed by atoms with Gasteiger partial charge in [0.05, 0.1) is 13.0 Å². The number of para-hydroxylation sites is 1. The normalized spacial score (nSPS) is 18.1. The van der Waals surface area contributed by atoms with E-state index in [9.17, 15) is 9.90 Å². The molecule has 3 rings (SSSR count). The van der Waals surface area contributed by atoms with Gasteiger partial charge in [0.2, 0.25) is 0 Å². The molecule has 1 fully saturated rings. The van der Waals surface area contributed by atoms with Crippen LogP contribution in [0.2, 0.25) is 0 Å². The molecule has 0 aliphatic carbocycles. The zero-order valence-corrected chi connectivity index (χ0v) is 16.7. The van der Waals surface area contributed by atoms with E-state index in [1.54, 1.807) is 7.11 Å². The highest BCUT2D eigenvalue weighted by molar-refractivity contribution is 5.84. The van der Waals surface area contributed by atoms with Crippen LogP contribution in [-0.2, 0) is 4.79 Å². The van der Waals surface area contributed by atoms with E-state index in [0.717, 1.165) is 43.7 Å². The third kappa shape index (κ3) is 4.82. The van der Waals surface area contributed by atoms with E-state index < -0.39 is 5.97 Å². The number of benzene rings is 2. The van der Waals surface area contributed by atoms with Crippen LogP contribution in [0.5, 0.6) is 5.75 Å². The Labute approximate surface area is 167 Å². The van der Waals surface area contributed by atoms with E-state index in [4.69, 9.17) is 4.74 Å². The Balaban J connectivity index is 1.83. The van der Waals surface area contributed by atoms with Crippen LogP contribution in [0.15, 0.2) is 54.6 Å². The van der Waals surface area contributed by atoms with Crippen LogP contribution in [0.4, 0.5) is 0 Å². The third-order valence-corrected chi connectivity index (χ3v) is 5.48.